The Morgan fingerprint density at radius 1 is 0.641 bits per heavy atom. The first-order valence-corrected chi connectivity index (χ1v) is 13.7. The highest BCUT2D eigenvalue weighted by Crippen LogP contribution is 2.41. The van der Waals surface area contributed by atoms with Gasteiger partial charge in [0.1, 0.15) is 0 Å². The molecule has 204 valence electrons. The van der Waals surface area contributed by atoms with Crippen LogP contribution >= 0.6 is 23.1 Å². The van der Waals surface area contributed by atoms with Crippen LogP contribution in [0.2, 0.25) is 0 Å². The van der Waals surface area contributed by atoms with Crippen LogP contribution in [0.1, 0.15) is 43.0 Å². The summed E-state index contributed by atoms with van der Waals surface area (Å²) in [4.78, 5) is 3.38. The number of alkyl halides is 6. The van der Waals surface area contributed by atoms with E-state index in [1.54, 1.807) is 0 Å². The van der Waals surface area contributed by atoms with Gasteiger partial charge in [-0.1, -0.05) is 86.8 Å². The van der Waals surface area contributed by atoms with Crippen molar-refractivity contribution in [2.24, 2.45) is 0 Å². The molecule has 0 atom stereocenters. The molecular weight excluding hydrogens is 550 g/mol. The summed E-state index contributed by atoms with van der Waals surface area (Å²) in [5.41, 5.74) is 1.85. The second kappa shape index (κ2) is 12.7. The van der Waals surface area contributed by atoms with Gasteiger partial charge in [-0.15, -0.1) is 11.3 Å². The van der Waals surface area contributed by atoms with E-state index in [1.807, 2.05) is 63.2 Å². The third kappa shape index (κ3) is 7.67. The molecule has 1 aromatic heterocycles. The molecule has 8 heteroatoms. The summed E-state index contributed by atoms with van der Waals surface area (Å²) in [6, 6.07) is 21.7. The molecule has 0 spiro atoms. The first-order chi connectivity index (χ1) is 18.5. The first kappa shape index (κ1) is 30.3. The number of hydrogen-bond acceptors (Lipinski definition) is 2. The maximum atomic E-state index is 12.8. The van der Waals surface area contributed by atoms with Crippen LogP contribution in [0.15, 0.2) is 97.6 Å². The molecule has 0 nitrogen and oxygen atoms in total. The average Bonchev–Trinajstić information content (AvgIpc) is 3.42. The maximum Gasteiger partial charge on any atom is 0.416 e. The van der Waals surface area contributed by atoms with E-state index in [4.69, 9.17) is 0 Å². The molecule has 0 bridgehead atoms. The number of hydrogen-bond donors (Lipinski definition) is 0. The number of thioether (sulfide) groups is 1. The van der Waals surface area contributed by atoms with Crippen molar-refractivity contribution in [1.29, 1.82) is 0 Å². The smallest absolute Gasteiger partial charge is 0.166 e. The van der Waals surface area contributed by atoms with E-state index in [2.05, 4.69) is 6.58 Å². The van der Waals surface area contributed by atoms with Crippen LogP contribution in [0.4, 0.5) is 26.3 Å². The van der Waals surface area contributed by atoms with Gasteiger partial charge in [0, 0.05) is 19.6 Å². The molecule has 0 amide bonds. The molecule has 0 fully saturated rings. The Labute approximate surface area is 232 Å². The largest absolute Gasteiger partial charge is 0.416 e. The standard InChI is InChI=1S/C29H20F6S2.C2H6/c1-3-25(36-18(2)19-8-12-23(13-9-19)28(30,31)32)20-4-6-21(7-5-20)26-16-17-27(37-26)22-10-14-24(15-11-22)29(33,34)35;1-2/h3-17H,2H2,1H3;1-2H3/b25-3-;. The topological polar surface area (TPSA) is 0 Å². The predicted octanol–water partition coefficient (Wildman–Crippen LogP) is 11.9. The lowest BCUT2D eigenvalue weighted by Gasteiger charge is -2.12. The van der Waals surface area contributed by atoms with Crippen LogP contribution in [0, 0.1) is 0 Å². The van der Waals surface area contributed by atoms with E-state index in [9.17, 15) is 26.3 Å². The summed E-state index contributed by atoms with van der Waals surface area (Å²) in [5.74, 6) is 0. The highest BCUT2D eigenvalue weighted by atomic mass is 32.2. The summed E-state index contributed by atoms with van der Waals surface area (Å²) < 4.78 is 77.0. The highest BCUT2D eigenvalue weighted by molar-refractivity contribution is 8.16. The second-order valence-electron chi connectivity index (χ2n) is 8.07. The van der Waals surface area contributed by atoms with Crippen molar-refractivity contribution in [3.8, 4) is 20.9 Å². The monoisotopic (exact) mass is 576 g/mol. The molecule has 3 aromatic carbocycles. The second-order valence-corrected chi connectivity index (χ2v) is 10.3. The number of halogens is 6. The minimum absolute atomic E-state index is 0.614. The fourth-order valence-electron chi connectivity index (χ4n) is 3.59. The molecule has 0 aliphatic heterocycles. The first-order valence-electron chi connectivity index (χ1n) is 12.0. The molecular formula is C31H26F6S2. The molecule has 4 rings (SSSR count). The molecule has 0 aliphatic rings. The van der Waals surface area contributed by atoms with Gasteiger partial charge in [-0.25, -0.2) is 0 Å². The molecule has 4 aromatic rings. The number of allylic oxidation sites excluding steroid dienone is 1. The van der Waals surface area contributed by atoms with Gasteiger partial charge in [0.2, 0.25) is 0 Å². The van der Waals surface area contributed by atoms with Gasteiger partial charge in [-0.3, -0.25) is 0 Å². The van der Waals surface area contributed by atoms with Crippen LogP contribution in [-0.2, 0) is 12.4 Å². The Morgan fingerprint density at radius 3 is 1.44 bits per heavy atom. The third-order valence-corrected chi connectivity index (χ3v) is 7.94. The van der Waals surface area contributed by atoms with Gasteiger partial charge in [0.05, 0.1) is 11.1 Å². The zero-order valence-corrected chi connectivity index (χ0v) is 23.1. The molecule has 0 N–H and O–H groups in total. The molecule has 1 heterocycles. The fraction of sp³-hybridized carbons (Fsp3) is 0.161. The van der Waals surface area contributed by atoms with Crippen molar-refractivity contribution in [2.45, 2.75) is 33.1 Å². The Kier molecular flexibility index (Phi) is 9.91. The van der Waals surface area contributed by atoms with Crippen LogP contribution in [0.25, 0.3) is 30.7 Å². The van der Waals surface area contributed by atoms with E-state index in [1.165, 1.54) is 47.4 Å². The molecule has 0 saturated heterocycles. The predicted molar refractivity (Wildman–Crippen MR) is 153 cm³/mol. The summed E-state index contributed by atoms with van der Waals surface area (Å²) in [7, 11) is 0. The lowest BCUT2D eigenvalue weighted by atomic mass is 10.1. The molecule has 0 saturated carbocycles. The minimum Gasteiger partial charge on any atom is -0.166 e. The summed E-state index contributed by atoms with van der Waals surface area (Å²) >= 11 is 2.87. The Bertz CT molecular complexity index is 1410. The van der Waals surface area contributed by atoms with Gasteiger partial charge in [-0.05, 0) is 65.6 Å². The molecule has 0 unspecified atom stereocenters. The quantitative estimate of drug-likeness (QED) is 0.206. The van der Waals surface area contributed by atoms with Crippen molar-refractivity contribution in [3.63, 3.8) is 0 Å². The zero-order chi connectivity index (χ0) is 28.8. The lowest BCUT2D eigenvalue weighted by Crippen LogP contribution is -2.04. The van der Waals surface area contributed by atoms with E-state index in [0.717, 1.165) is 55.6 Å². The number of thiophene rings is 1. The van der Waals surface area contributed by atoms with E-state index in [0.29, 0.717) is 10.5 Å². The van der Waals surface area contributed by atoms with Crippen molar-refractivity contribution in [2.75, 3.05) is 0 Å². The summed E-state index contributed by atoms with van der Waals surface area (Å²) in [6.45, 7) is 9.91. The maximum absolute atomic E-state index is 12.8. The van der Waals surface area contributed by atoms with E-state index < -0.39 is 23.5 Å². The van der Waals surface area contributed by atoms with Crippen molar-refractivity contribution in [1.82, 2.24) is 0 Å². The van der Waals surface area contributed by atoms with E-state index >= 15 is 0 Å². The average molecular weight is 577 g/mol. The highest BCUT2D eigenvalue weighted by Gasteiger charge is 2.30. The number of rotatable bonds is 6. The Morgan fingerprint density at radius 2 is 1.03 bits per heavy atom. The van der Waals surface area contributed by atoms with Crippen molar-refractivity contribution >= 4 is 32.9 Å². The molecule has 39 heavy (non-hydrogen) atoms. The van der Waals surface area contributed by atoms with E-state index in [-0.39, 0.29) is 0 Å². The van der Waals surface area contributed by atoms with Crippen molar-refractivity contribution in [3.05, 3.63) is 120 Å². The summed E-state index contributed by atoms with van der Waals surface area (Å²) in [6.07, 6.45) is -6.83. The third-order valence-electron chi connectivity index (χ3n) is 5.59. The van der Waals surface area contributed by atoms with Gasteiger partial charge in [0.15, 0.2) is 0 Å². The van der Waals surface area contributed by atoms with Crippen molar-refractivity contribution < 1.29 is 26.3 Å². The van der Waals surface area contributed by atoms with Gasteiger partial charge in [0.25, 0.3) is 0 Å². The SMILES string of the molecule is C=C(S/C(=C\C)c1ccc(-c2ccc(-c3ccc(C(F)(F)F)cc3)s2)cc1)c1ccc(C(F)(F)F)cc1.CC. The minimum atomic E-state index is -4.38. The van der Waals surface area contributed by atoms with Gasteiger partial charge < -0.3 is 0 Å². The summed E-state index contributed by atoms with van der Waals surface area (Å²) in [5, 5.41) is 0. The number of benzene rings is 3. The van der Waals surface area contributed by atoms with Gasteiger partial charge in [-0.2, -0.15) is 26.3 Å². The van der Waals surface area contributed by atoms with Crippen LogP contribution in [-0.4, -0.2) is 0 Å². The van der Waals surface area contributed by atoms with Gasteiger partial charge >= 0.3 is 12.4 Å². The van der Waals surface area contributed by atoms with Crippen LogP contribution in [0.3, 0.4) is 0 Å². The Hall–Kier alpha value is -3.23. The van der Waals surface area contributed by atoms with Crippen LogP contribution in [0.5, 0.6) is 0 Å². The fourth-order valence-corrected chi connectivity index (χ4v) is 5.50. The lowest BCUT2D eigenvalue weighted by molar-refractivity contribution is -0.138. The molecule has 0 aliphatic carbocycles. The van der Waals surface area contributed by atoms with Crippen LogP contribution < -0.4 is 0 Å². The molecule has 0 radical (unpaired) electrons. The normalized spacial score (nSPS) is 12.1. The Balaban J connectivity index is 0.00000205. The zero-order valence-electron chi connectivity index (χ0n) is 21.5.